The summed E-state index contributed by atoms with van der Waals surface area (Å²) in [6.45, 7) is 9.26. The lowest BCUT2D eigenvalue weighted by atomic mass is 9.77. The average Bonchev–Trinajstić information content (AvgIpc) is 3.46. The molecule has 1 amide bonds. The van der Waals surface area contributed by atoms with E-state index >= 15 is 0 Å². The summed E-state index contributed by atoms with van der Waals surface area (Å²) in [7, 11) is -3.94. The first-order valence-electron chi connectivity index (χ1n) is 13.7. The fourth-order valence-electron chi connectivity index (χ4n) is 4.30. The van der Waals surface area contributed by atoms with E-state index in [2.05, 4.69) is 50.9 Å². The van der Waals surface area contributed by atoms with Gasteiger partial charge in [0.2, 0.25) is 17.5 Å². The zero-order chi connectivity index (χ0) is 30.0. The van der Waals surface area contributed by atoms with Crippen LogP contribution < -0.4 is 10.0 Å². The van der Waals surface area contributed by atoms with Crippen LogP contribution in [0.25, 0.3) is 11.4 Å². The summed E-state index contributed by atoms with van der Waals surface area (Å²) in [4.78, 5) is 39.1. The normalized spacial score (nSPS) is 15.0. The van der Waals surface area contributed by atoms with E-state index in [-0.39, 0.29) is 27.9 Å². The van der Waals surface area contributed by atoms with Crippen LogP contribution in [0, 0.1) is 5.41 Å². The third-order valence-corrected chi connectivity index (χ3v) is 8.40. The molecule has 0 saturated carbocycles. The molecule has 3 rings (SSSR count). The van der Waals surface area contributed by atoms with Crippen molar-refractivity contribution in [2.45, 2.75) is 83.7 Å². The lowest BCUT2D eigenvalue weighted by molar-refractivity contribution is -0.123. The molecule has 0 unspecified atom stereocenters. The lowest BCUT2D eigenvalue weighted by Crippen LogP contribution is -2.45. The molecule has 0 bridgehead atoms. The van der Waals surface area contributed by atoms with Crippen molar-refractivity contribution in [2.24, 2.45) is 10.4 Å². The van der Waals surface area contributed by atoms with Gasteiger partial charge < -0.3 is 9.84 Å². The van der Waals surface area contributed by atoms with Gasteiger partial charge in [0.1, 0.15) is 16.8 Å². The van der Waals surface area contributed by atoms with Gasteiger partial charge in [0.05, 0.1) is 6.04 Å². The Morgan fingerprint density at radius 2 is 1.85 bits per heavy atom. The molecule has 0 aliphatic rings. The van der Waals surface area contributed by atoms with Crippen molar-refractivity contribution in [2.75, 3.05) is 0 Å². The summed E-state index contributed by atoms with van der Waals surface area (Å²) < 4.78 is 33.2. The molecule has 11 nitrogen and oxygen atoms in total. The van der Waals surface area contributed by atoms with Crippen LogP contribution in [0.4, 0.5) is 0 Å². The molecule has 0 saturated heterocycles. The topological polar surface area (TPSA) is 157 Å². The van der Waals surface area contributed by atoms with Crippen molar-refractivity contribution in [1.29, 1.82) is 0 Å². The Hall–Kier alpha value is -3.93. The van der Waals surface area contributed by atoms with Crippen LogP contribution in [-0.4, -0.2) is 53.2 Å². The number of unbranched alkanes of at least 4 members (excludes halogenated alkanes) is 1. The van der Waals surface area contributed by atoms with Gasteiger partial charge in [-0.3, -0.25) is 24.3 Å². The molecular weight excluding hydrogens is 544 g/mol. The average molecular weight is 583 g/mol. The first-order valence-corrected chi connectivity index (χ1v) is 15.2. The third-order valence-electron chi connectivity index (χ3n) is 6.97. The standard InChI is InChI=1S/C29H38N6O5S/c1-6-8-16-29(5,7-2)18-24(32-21(4)35-41(38,39)23-15-12-17-30-19-23)27(37)31-20(3)25(36)28-33-26(34-40-28)22-13-10-9-11-14-22/h9-15,17,19-20,24H,6-8,16,18H2,1-5H3,(H,31,37)(H,32,35)/t20-,24-,29-/m0/s1. The molecule has 0 aliphatic heterocycles. The van der Waals surface area contributed by atoms with Gasteiger partial charge in [0, 0.05) is 18.0 Å². The minimum atomic E-state index is -3.94. The quantitative estimate of drug-likeness (QED) is 0.159. The summed E-state index contributed by atoms with van der Waals surface area (Å²) in [5.41, 5.74) is 0.463. The number of hydrogen-bond donors (Lipinski definition) is 2. The third kappa shape index (κ3) is 8.78. The molecular formula is C29H38N6O5S. The monoisotopic (exact) mass is 582 g/mol. The first-order chi connectivity index (χ1) is 19.5. The maximum atomic E-state index is 13.5. The molecule has 0 fully saturated rings. The SMILES string of the molecule is CCCC[C@](C)(CC)C[C@H](N=C(C)NS(=O)(=O)c1cccnc1)C(=O)N[C@@H](C)C(=O)c1nc(-c2ccccc2)no1. The van der Waals surface area contributed by atoms with Gasteiger partial charge in [-0.05, 0) is 44.2 Å². The molecule has 3 atom stereocenters. The number of amidine groups is 1. The maximum Gasteiger partial charge on any atom is 0.296 e. The van der Waals surface area contributed by atoms with Crippen LogP contribution in [0.3, 0.4) is 0 Å². The van der Waals surface area contributed by atoms with Crippen molar-refractivity contribution in [3.8, 4) is 11.4 Å². The fraction of sp³-hybridized carbons (Fsp3) is 0.448. The minimum absolute atomic E-state index is 0.0226. The van der Waals surface area contributed by atoms with Crippen LogP contribution >= 0.6 is 0 Å². The van der Waals surface area contributed by atoms with Gasteiger partial charge in [-0.2, -0.15) is 4.98 Å². The smallest absolute Gasteiger partial charge is 0.296 e. The maximum absolute atomic E-state index is 13.5. The Balaban J connectivity index is 1.81. The van der Waals surface area contributed by atoms with E-state index in [0.29, 0.717) is 12.0 Å². The van der Waals surface area contributed by atoms with E-state index < -0.39 is 33.8 Å². The number of sulfonamides is 1. The molecule has 1 aromatic carbocycles. The largest absolute Gasteiger partial charge is 0.344 e. The second-order valence-electron chi connectivity index (χ2n) is 10.4. The Bertz CT molecular complexity index is 1440. The van der Waals surface area contributed by atoms with Crippen molar-refractivity contribution in [3.63, 3.8) is 0 Å². The summed E-state index contributed by atoms with van der Waals surface area (Å²) in [5, 5.41) is 6.60. The zero-order valence-electron chi connectivity index (χ0n) is 24.1. The van der Waals surface area contributed by atoms with E-state index in [4.69, 9.17) is 4.52 Å². The van der Waals surface area contributed by atoms with Crippen LogP contribution in [0.15, 0.2) is 69.3 Å². The van der Waals surface area contributed by atoms with Crippen LogP contribution in [0.1, 0.15) is 77.4 Å². The van der Waals surface area contributed by atoms with Gasteiger partial charge in [-0.1, -0.05) is 75.5 Å². The molecule has 0 radical (unpaired) electrons. The summed E-state index contributed by atoms with van der Waals surface area (Å²) in [6.07, 6.45) is 6.71. The number of nitrogens with zero attached hydrogens (tertiary/aromatic N) is 4. The Morgan fingerprint density at radius 3 is 2.49 bits per heavy atom. The van der Waals surface area contributed by atoms with Crippen LogP contribution in [0.2, 0.25) is 0 Å². The van der Waals surface area contributed by atoms with Gasteiger partial charge in [0.15, 0.2) is 0 Å². The number of pyridine rings is 1. The predicted octanol–water partition coefficient (Wildman–Crippen LogP) is 4.58. The number of nitrogens with one attached hydrogen (secondary N) is 2. The Morgan fingerprint density at radius 1 is 1.12 bits per heavy atom. The number of ketones is 1. The second-order valence-corrected chi connectivity index (χ2v) is 12.1. The number of aromatic nitrogens is 3. The van der Waals surface area contributed by atoms with E-state index in [9.17, 15) is 18.0 Å². The molecule has 0 spiro atoms. The van der Waals surface area contributed by atoms with E-state index in [1.807, 2.05) is 18.2 Å². The minimum Gasteiger partial charge on any atom is -0.344 e. The number of carbonyl (C=O) groups excluding carboxylic acids is 2. The van der Waals surface area contributed by atoms with Crippen LogP contribution in [-0.2, 0) is 14.8 Å². The predicted molar refractivity (Wildman–Crippen MR) is 156 cm³/mol. The number of aliphatic imine (C=N–C) groups is 1. The highest BCUT2D eigenvalue weighted by molar-refractivity contribution is 7.90. The number of rotatable bonds is 14. The lowest BCUT2D eigenvalue weighted by Gasteiger charge is -2.31. The Kier molecular flexibility index (Phi) is 10.9. The highest BCUT2D eigenvalue weighted by atomic mass is 32.2. The Labute approximate surface area is 241 Å². The molecule has 220 valence electrons. The summed E-state index contributed by atoms with van der Waals surface area (Å²) in [6, 6.07) is 10.1. The number of carbonyl (C=O) groups is 2. The van der Waals surface area contributed by atoms with Crippen LogP contribution in [0.5, 0.6) is 0 Å². The molecule has 2 aromatic heterocycles. The molecule has 3 aromatic rings. The van der Waals surface area contributed by atoms with Crippen molar-refractivity contribution >= 4 is 27.5 Å². The number of Topliss-reactive ketones (excluding diaryl/α,β-unsaturated/α-hetero) is 1. The van der Waals surface area contributed by atoms with E-state index in [1.54, 1.807) is 12.1 Å². The fourth-order valence-corrected chi connectivity index (χ4v) is 5.32. The first kappa shape index (κ1) is 31.6. The molecule has 2 heterocycles. The summed E-state index contributed by atoms with van der Waals surface area (Å²) in [5.74, 6) is -0.968. The summed E-state index contributed by atoms with van der Waals surface area (Å²) >= 11 is 0. The van der Waals surface area contributed by atoms with Gasteiger partial charge >= 0.3 is 0 Å². The van der Waals surface area contributed by atoms with Gasteiger partial charge in [-0.15, -0.1) is 0 Å². The molecule has 2 N–H and O–H groups in total. The van der Waals surface area contributed by atoms with E-state index in [1.165, 1.54) is 38.4 Å². The zero-order valence-corrected chi connectivity index (χ0v) is 24.9. The highest BCUT2D eigenvalue weighted by Crippen LogP contribution is 2.34. The van der Waals surface area contributed by atoms with Crippen molar-refractivity contribution in [1.82, 2.24) is 25.2 Å². The van der Waals surface area contributed by atoms with E-state index in [0.717, 1.165) is 25.7 Å². The molecule has 0 aliphatic carbocycles. The van der Waals surface area contributed by atoms with Crippen molar-refractivity contribution < 1.29 is 22.5 Å². The number of benzene rings is 1. The number of amides is 1. The van der Waals surface area contributed by atoms with Crippen molar-refractivity contribution in [3.05, 3.63) is 60.7 Å². The number of hydrogen-bond acceptors (Lipinski definition) is 9. The highest BCUT2D eigenvalue weighted by Gasteiger charge is 2.32. The van der Waals surface area contributed by atoms with Gasteiger partial charge in [0.25, 0.3) is 15.9 Å². The molecule has 12 heteroatoms. The van der Waals surface area contributed by atoms with Gasteiger partial charge in [-0.25, -0.2) is 8.42 Å². The molecule has 41 heavy (non-hydrogen) atoms. The second kappa shape index (κ2) is 14.1.